The van der Waals surface area contributed by atoms with Gasteiger partial charge in [-0.15, -0.1) is 0 Å². The van der Waals surface area contributed by atoms with Crippen molar-refractivity contribution in [2.75, 3.05) is 0 Å². The molecule has 0 aromatic heterocycles. The fourth-order valence-electron chi connectivity index (χ4n) is 3.31. The van der Waals surface area contributed by atoms with Crippen molar-refractivity contribution in [3.8, 4) is 0 Å². The molecule has 0 aromatic carbocycles. The summed E-state index contributed by atoms with van der Waals surface area (Å²) in [5, 5.41) is 4.89. The Bertz CT molecular complexity index is 188. The van der Waals surface area contributed by atoms with Crippen molar-refractivity contribution in [2.45, 2.75) is 115 Å². The summed E-state index contributed by atoms with van der Waals surface area (Å²) in [4.78, 5) is 0. The highest BCUT2D eigenvalue weighted by atomic mass is 27.2. The minimum Gasteiger partial charge on any atom is -0.0938 e. The van der Waals surface area contributed by atoms with Crippen molar-refractivity contribution in [3.63, 3.8) is 0 Å². The molecule has 132 valence electrons. The van der Waals surface area contributed by atoms with Crippen LogP contribution in [0.25, 0.3) is 0 Å². The van der Waals surface area contributed by atoms with Gasteiger partial charge < -0.3 is 0 Å². The third-order valence-electron chi connectivity index (χ3n) is 6.02. The van der Waals surface area contributed by atoms with Gasteiger partial charge in [0.2, 0.25) is 0 Å². The molecule has 0 rings (SSSR count). The Morgan fingerprint density at radius 1 is 0.545 bits per heavy atom. The Morgan fingerprint density at radius 3 is 1.05 bits per heavy atom. The first kappa shape index (κ1) is 22.5. The minimum atomic E-state index is -0.444. The first-order chi connectivity index (χ1) is 10.5. The molecule has 0 heterocycles. The van der Waals surface area contributed by atoms with Crippen LogP contribution in [0.15, 0.2) is 0 Å². The normalized spacial score (nSPS) is 15.5. The lowest BCUT2D eigenvalue weighted by molar-refractivity contribution is 0.497. The van der Waals surface area contributed by atoms with Gasteiger partial charge in [-0.3, -0.25) is 0 Å². The molecule has 0 bridgehead atoms. The maximum atomic E-state index is 2.43. The van der Waals surface area contributed by atoms with Crippen molar-refractivity contribution in [3.05, 3.63) is 0 Å². The topological polar surface area (TPSA) is 0 Å². The van der Waals surface area contributed by atoms with Gasteiger partial charge in [-0.2, -0.15) is 0 Å². The third kappa shape index (κ3) is 13.0. The first-order valence-corrected chi connectivity index (χ1v) is 13.0. The molecule has 0 spiro atoms. The summed E-state index contributed by atoms with van der Waals surface area (Å²) in [6.45, 7) is 14.3. The maximum Gasteiger partial charge on any atom is 0.261 e. The summed E-state index contributed by atoms with van der Waals surface area (Å²) in [5.74, 6) is 2.86. The molecule has 0 nitrogen and oxygen atoms in total. The van der Waals surface area contributed by atoms with Crippen LogP contribution >= 0.6 is 0 Å². The van der Waals surface area contributed by atoms with Gasteiger partial charge >= 0.3 is 0 Å². The van der Waals surface area contributed by atoms with Crippen molar-refractivity contribution in [1.29, 1.82) is 0 Å². The summed E-state index contributed by atoms with van der Waals surface area (Å²) in [6, 6.07) is 0. The van der Waals surface area contributed by atoms with Gasteiger partial charge in [0.1, 0.15) is 0 Å². The van der Waals surface area contributed by atoms with Gasteiger partial charge in [0.15, 0.2) is 0 Å². The first-order valence-electron chi connectivity index (χ1n) is 10.5. The predicted molar refractivity (Wildman–Crippen MR) is 106 cm³/mol. The monoisotopic (exact) mass is 324 g/mol. The highest BCUT2D eigenvalue weighted by molar-refractivity contribution is 6.58. The van der Waals surface area contributed by atoms with E-state index in [1.54, 1.807) is 15.8 Å². The zero-order valence-electron chi connectivity index (χ0n) is 16.8. The molecular weight excluding hydrogens is 279 g/mol. The molecule has 0 N–H and O–H groups in total. The number of hydrogen-bond donors (Lipinski definition) is 0. The second kappa shape index (κ2) is 15.1. The van der Waals surface area contributed by atoms with Crippen LogP contribution < -0.4 is 0 Å². The summed E-state index contributed by atoms with van der Waals surface area (Å²) < 4.78 is 0. The van der Waals surface area contributed by atoms with Crippen LogP contribution in [0.5, 0.6) is 0 Å². The molecule has 3 atom stereocenters. The Hall–Kier alpha value is 0.532. The maximum absolute atomic E-state index is 2.43. The molecule has 0 aliphatic rings. The highest BCUT2D eigenvalue weighted by Gasteiger charge is 2.17. The Morgan fingerprint density at radius 2 is 0.818 bits per heavy atom. The van der Waals surface area contributed by atoms with Gasteiger partial charge in [-0.1, -0.05) is 115 Å². The minimum absolute atomic E-state index is 0.444. The summed E-state index contributed by atoms with van der Waals surface area (Å²) in [5.41, 5.74) is 0. The predicted octanol–water partition coefficient (Wildman–Crippen LogP) is 7.96. The van der Waals surface area contributed by atoms with Crippen molar-refractivity contribution in [1.82, 2.24) is 0 Å². The van der Waals surface area contributed by atoms with Crippen molar-refractivity contribution in [2.24, 2.45) is 17.8 Å². The number of hydrogen-bond acceptors (Lipinski definition) is 0. The largest absolute Gasteiger partial charge is 0.261 e. The molecule has 0 amide bonds. The van der Waals surface area contributed by atoms with Crippen LogP contribution in [0, 0.1) is 17.8 Å². The fraction of sp³-hybridized carbons (Fsp3) is 1.00. The van der Waals surface area contributed by atoms with Gasteiger partial charge in [-0.05, 0) is 17.8 Å². The van der Waals surface area contributed by atoms with E-state index >= 15 is 0 Å². The van der Waals surface area contributed by atoms with E-state index in [4.69, 9.17) is 0 Å². The van der Waals surface area contributed by atoms with E-state index in [0.717, 1.165) is 17.8 Å². The standard InChI is InChI=1S/3C7H15.Al/c3*1-4-6-7(3)5-2;/h3*7H,1,4-6H2,2-3H3;. The molecule has 3 unspecified atom stereocenters. The van der Waals surface area contributed by atoms with E-state index in [0.29, 0.717) is 0 Å². The van der Waals surface area contributed by atoms with Gasteiger partial charge in [0.05, 0.1) is 0 Å². The summed E-state index contributed by atoms with van der Waals surface area (Å²) in [7, 11) is 0. The quantitative estimate of drug-likeness (QED) is 0.268. The van der Waals surface area contributed by atoms with Crippen LogP contribution in [0.3, 0.4) is 0 Å². The molecule has 0 aliphatic heterocycles. The SMILES string of the molecule is CCC(C)CC[CH2][Al]([CH2]CCC(C)CC)[CH2]CCC(C)CC. The van der Waals surface area contributed by atoms with Gasteiger partial charge in [-0.25, -0.2) is 0 Å². The lowest BCUT2D eigenvalue weighted by atomic mass is 10.0. The summed E-state index contributed by atoms with van der Waals surface area (Å²) in [6.07, 6.45) is 13.1. The van der Waals surface area contributed by atoms with E-state index in [2.05, 4.69) is 41.5 Å². The Labute approximate surface area is 147 Å². The number of rotatable bonds is 15. The van der Waals surface area contributed by atoms with Crippen molar-refractivity contribution < 1.29 is 0 Å². The van der Waals surface area contributed by atoms with Crippen LogP contribution in [0.4, 0.5) is 0 Å². The molecule has 0 saturated carbocycles. The lowest BCUT2D eigenvalue weighted by Gasteiger charge is -2.16. The second-order valence-corrected chi connectivity index (χ2v) is 11.7. The van der Waals surface area contributed by atoms with Gasteiger partial charge in [0, 0.05) is 0 Å². The van der Waals surface area contributed by atoms with Crippen LogP contribution in [0.2, 0.25) is 15.8 Å². The van der Waals surface area contributed by atoms with E-state index < -0.39 is 14.1 Å². The molecule has 0 aliphatic carbocycles. The fourth-order valence-corrected chi connectivity index (χ4v) is 6.62. The molecule has 0 fully saturated rings. The second-order valence-electron chi connectivity index (χ2n) is 8.20. The van der Waals surface area contributed by atoms with Crippen molar-refractivity contribution >= 4 is 14.1 Å². The molecule has 0 saturated heterocycles. The third-order valence-corrected chi connectivity index (χ3v) is 9.69. The molecule has 1 heteroatoms. The van der Waals surface area contributed by atoms with E-state index in [1.807, 2.05) is 0 Å². The van der Waals surface area contributed by atoms with E-state index in [9.17, 15) is 0 Å². The van der Waals surface area contributed by atoms with Crippen LogP contribution in [-0.4, -0.2) is 14.1 Å². The highest BCUT2D eigenvalue weighted by Crippen LogP contribution is 2.22. The smallest absolute Gasteiger partial charge is 0.0938 e. The van der Waals surface area contributed by atoms with E-state index in [1.165, 1.54) is 57.8 Å². The molecule has 0 aromatic rings. The zero-order valence-corrected chi connectivity index (χ0v) is 17.9. The molecule has 22 heavy (non-hydrogen) atoms. The Kier molecular flexibility index (Phi) is 15.4. The van der Waals surface area contributed by atoms with Crippen LogP contribution in [-0.2, 0) is 0 Å². The average molecular weight is 325 g/mol. The summed E-state index contributed by atoms with van der Waals surface area (Å²) >= 11 is -0.444. The van der Waals surface area contributed by atoms with Gasteiger partial charge in [0.25, 0.3) is 14.1 Å². The van der Waals surface area contributed by atoms with E-state index in [-0.39, 0.29) is 0 Å². The average Bonchev–Trinajstić information content (AvgIpc) is 2.53. The zero-order chi connectivity index (χ0) is 16.8. The van der Waals surface area contributed by atoms with Crippen LogP contribution in [0.1, 0.15) is 99.3 Å². The molecule has 0 radical (unpaired) electrons. The Balaban J connectivity index is 4.01. The molecular formula is C21H45Al. The lowest BCUT2D eigenvalue weighted by Crippen LogP contribution is -2.13.